The van der Waals surface area contributed by atoms with Gasteiger partial charge in [0, 0.05) is 5.92 Å². The minimum absolute atomic E-state index is 0.426. The minimum atomic E-state index is 0.426. The van der Waals surface area contributed by atoms with E-state index in [-0.39, 0.29) is 0 Å². The van der Waals surface area contributed by atoms with Crippen molar-refractivity contribution in [3.63, 3.8) is 0 Å². The summed E-state index contributed by atoms with van der Waals surface area (Å²) in [6.45, 7) is 6.44. The molecule has 0 radical (unpaired) electrons. The van der Waals surface area contributed by atoms with Gasteiger partial charge < -0.3 is 4.42 Å². The summed E-state index contributed by atoms with van der Waals surface area (Å²) in [7, 11) is 0. The first-order valence-electron chi connectivity index (χ1n) is 3.61. The molecule has 1 aromatic rings. The molecule has 0 saturated carbocycles. The van der Waals surface area contributed by atoms with Gasteiger partial charge in [-0.3, -0.25) is 0 Å². The number of rotatable bonds is 2. The summed E-state index contributed by atoms with van der Waals surface area (Å²) in [5.41, 5.74) is 0. The van der Waals surface area contributed by atoms with Gasteiger partial charge in [0.25, 0.3) is 0 Å². The molecule has 56 valence electrons. The molecule has 2 heteroatoms. The lowest BCUT2D eigenvalue weighted by Gasteiger charge is -2.09. The van der Waals surface area contributed by atoms with Gasteiger partial charge in [0.2, 0.25) is 0 Å². The highest BCUT2D eigenvalue weighted by molar-refractivity contribution is 4.90. The zero-order valence-electron chi connectivity index (χ0n) is 6.66. The van der Waals surface area contributed by atoms with Crippen LogP contribution in [0.3, 0.4) is 0 Å². The van der Waals surface area contributed by atoms with Crippen LogP contribution < -0.4 is 0 Å². The Kier molecular flexibility index (Phi) is 2.10. The van der Waals surface area contributed by atoms with Gasteiger partial charge in [0.05, 0.1) is 6.20 Å². The van der Waals surface area contributed by atoms with Crippen LogP contribution in [0, 0.1) is 5.92 Å². The van der Waals surface area contributed by atoms with E-state index in [2.05, 4.69) is 25.8 Å². The van der Waals surface area contributed by atoms with Gasteiger partial charge in [0.15, 0.2) is 5.89 Å². The van der Waals surface area contributed by atoms with E-state index in [0.717, 1.165) is 5.89 Å². The Balaban J connectivity index is 2.68. The van der Waals surface area contributed by atoms with Crippen LogP contribution in [-0.2, 0) is 0 Å². The van der Waals surface area contributed by atoms with E-state index in [9.17, 15) is 0 Å². The average molecular weight is 139 g/mol. The second-order valence-electron chi connectivity index (χ2n) is 2.90. The van der Waals surface area contributed by atoms with Crippen molar-refractivity contribution in [2.24, 2.45) is 5.92 Å². The molecule has 1 heterocycles. The predicted octanol–water partition coefficient (Wildman–Crippen LogP) is 2.43. The molecule has 0 aliphatic rings. The standard InChI is InChI=1S/C8H13NO/c1-6(2)7(3)8-9-4-5-10-8/h4-7H,1-3H3. The van der Waals surface area contributed by atoms with Crippen LogP contribution in [-0.4, -0.2) is 4.98 Å². The Hall–Kier alpha value is -0.790. The largest absolute Gasteiger partial charge is 0.449 e. The molecule has 0 bridgehead atoms. The van der Waals surface area contributed by atoms with Crippen molar-refractivity contribution in [3.05, 3.63) is 18.4 Å². The van der Waals surface area contributed by atoms with Crippen LogP contribution in [0.25, 0.3) is 0 Å². The van der Waals surface area contributed by atoms with Crippen molar-refractivity contribution in [1.29, 1.82) is 0 Å². The Morgan fingerprint density at radius 2 is 2.10 bits per heavy atom. The lowest BCUT2D eigenvalue weighted by atomic mass is 9.98. The van der Waals surface area contributed by atoms with Crippen LogP contribution in [0.5, 0.6) is 0 Å². The summed E-state index contributed by atoms with van der Waals surface area (Å²) >= 11 is 0. The first kappa shape index (κ1) is 7.32. The normalized spacial score (nSPS) is 14.0. The highest BCUT2D eigenvalue weighted by atomic mass is 16.3. The molecular formula is C8H13NO. The van der Waals surface area contributed by atoms with Gasteiger partial charge in [-0.25, -0.2) is 4.98 Å². The SMILES string of the molecule is CC(C)C(C)c1ncco1. The molecule has 0 aliphatic carbocycles. The smallest absolute Gasteiger partial charge is 0.197 e. The van der Waals surface area contributed by atoms with Crippen LogP contribution in [0.1, 0.15) is 32.6 Å². The summed E-state index contributed by atoms with van der Waals surface area (Å²) in [4.78, 5) is 4.07. The topological polar surface area (TPSA) is 26.0 Å². The van der Waals surface area contributed by atoms with Gasteiger partial charge in [-0.1, -0.05) is 20.8 Å². The molecule has 0 N–H and O–H groups in total. The lowest BCUT2D eigenvalue weighted by molar-refractivity contribution is 0.400. The van der Waals surface area contributed by atoms with Crippen molar-refractivity contribution in [2.45, 2.75) is 26.7 Å². The fourth-order valence-corrected chi connectivity index (χ4v) is 0.745. The minimum Gasteiger partial charge on any atom is -0.449 e. The summed E-state index contributed by atoms with van der Waals surface area (Å²) in [6, 6.07) is 0. The molecule has 1 aromatic heterocycles. The van der Waals surface area contributed by atoms with E-state index in [1.54, 1.807) is 12.5 Å². The molecular weight excluding hydrogens is 126 g/mol. The van der Waals surface area contributed by atoms with Crippen molar-refractivity contribution in [2.75, 3.05) is 0 Å². The monoisotopic (exact) mass is 139 g/mol. The second kappa shape index (κ2) is 2.86. The van der Waals surface area contributed by atoms with E-state index in [4.69, 9.17) is 4.42 Å². The number of hydrogen-bond acceptors (Lipinski definition) is 2. The maximum atomic E-state index is 5.15. The van der Waals surface area contributed by atoms with Crippen molar-refractivity contribution >= 4 is 0 Å². The van der Waals surface area contributed by atoms with E-state index >= 15 is 0 Å². The highest BCUT2D eigenvalue weighted by Gasteiger charge is 2.12. The number of hydrogen-bond donors (Lipinski definition) is 0. The Labute approximate surface area is 61.3 Å². The molecule has 0 saturated heterocycles. The highest BCUT2D eigenvalue weighted by Crippen LogP contribution is 2.20. The Morgan fingerprint density at radius 1 is 1.40 bits per heavy atom. The van der Waals surface area contributed by atoms with Crippen LogP contribution in [0.15, 0.2) is 16.9 Å². The van der Waals surface area contributed by atoms with Gasteiger partial charge in [-0.15, -0.1) is 0 Å². The van der Waals surface area contributed by atoms with E-state index in [0.29, 0.717) is 11.8 Å². The first-order chi connectivity index (χ1) is 4.72. The molecule has 0 fully saturated rings. The van der Waals surface area contributed by atoms with Gasteiger partial charge in [-0.2, -0.15) is 0 Å². The first-order valence-corrected chi connectivity index (χ1v) is 3.61. The van der Waals surface area contributed by atoms with Gasteiger partial charge >= 0.3 is 0 Å². The van der Waals surface area contributed by atoms with E-state index in [1.165, 1.54) is 0 Å². The lowest BCUT2D eigenvalue weighted by Crippen LogP contribution is -2.01. The zero-order chi connectivity index (χ0) is 7.56. The molecule has 0 spiro atoms. The van der Waals surface area contributed by atoms with Crippen molar-refractivity contribution in [3.8, 4) is 0 Å². The van der Waals surface area contributed by atoms with Gasteiger partial charge in [-0.05, 0) is 5.92 Å². The summed E-state index contributed by atoms with van der Waals surface area (Å²) in [5, 5.41) is 0. The maximum Gasteiger partial charge on any atom is 0.197 e. The molecule has 1 atom stereocenters. The Morgan fingerprint density at radius 3 is 2.50 bits per heavy atom. The maximum absolute atomic E-state index is 5.15. The predicted molar refractivity (Wildman–Crippen MR) is 39.8 cm³/mol. The number of aromatic nitrogens is 1. The van der Waals surface area contributed by atoms with Crippen LogP contribution in [0.2, 0.25) is 0 Å². The fourth-order valence-electron chi connectivity index (χ4n) is 0.745. The van der Waals surface area contributed by atoms with Crippen molar-refractivity contribution < 1.29 is 4.42 Å². The van der Waals surface area contributed by atoms with E-state index in [1.807, 2.05) is 0 Å². The molecule has 2 nitrogen and oxygen atoms in total. The quantitative estimate of drug-likeness (QED) is 0.629. The fraction of sp³-hybridized carbons (Fsp3) is 0.625. The van der Waals surface area contributed by atoms with Crippen LogP contribution in [0.4, 0.5) is 0 Å². The third-order valence-electron chi connectivity index (χ3n) is 1.84. The summed E-state index contributed by atoms with van der Waals surface area (Å²) in [6.07, 6.45) is 3.31. The van der Waals surface area contributed by atoms with Crippen LogP contribution >= 0.6 is 0 Å². The third-order valence-corrected chi connectivity index (χ3v) is 1.84. The third kappa shape index (κ3) is 1.38. The number of nitrogens with zero attached hydrogens (tertiary/aromatic N) is 1. The number of oxazole rings is 1. The van der Waals surface area contributed by atoms with Crippen molar-refractivity contribution in [1.82, 2.24) is 4.98 Å². The molecule has 1 rings (SSSR count). The zero-order valence-corrected chi connectivity index (χ0v) is 6.66. The molecule has 1 unspecified atom stereocenters. The second-order valence-corrected chi connectivity index (χ2v) is 2.90. The molecule has 0 aromatic carbocycles. The van der Waals surface area contributed by atoms with E-state index < -0.39 is 0 Å². The summed E-state index contributed by atoms with van der Waals surface area (Å²) < 4.78 is 5.15. The molecule has 0 aliphatic heterocycles. The van der Waals surface area contributed by atoms with Gasteiger partial charge in [0.1, 0.15) is 6.26 Å². The molecule has 10 heavy (non-hydrogen) atoms. The summed E-state index contributed by atoms with van der Waals surface area (Å²) in [5.74, 6) is 1.86. The molecule has 0 amide bonds. The average Bonchev–Trinajstić information content (AvgIpc) is 2.36. The Bertz CT molecular complexity index is 179.